The summed E-state index contributed by atoms with van der Waals surface area (Å²) in [7, 11) is 0. The lowest BCUT2D eigenvalue weighted by Gasteiger charge is -2.26. The van der Waals surface area contributed by atoms with Crippen LogP contribution in [0.5, 0.6) is 0 Å². The highest BCUT2D eigenvalue weighted by atomic mass is 127. The summed E-state index contributed by atoms with van der Waals surface area (Å²) in [5.74, 6) is 5.49. The molecule has 0 aromatic carbocycles. The Morgan fingerprint density at radius 1 is 1.33 bits per heavy atom. The highest BCUT2D eigenvalue weighted by molar-refractivity contribution is 14.1. The van der Waals surface area contributed by atoms with Gasteiger partial charge in [-0.3, -0.25) is 3.11 Å². The molecular weight excluding hydrogens is 305 g/mol. The van der Waals surface area contributed by atoms with E-state index in [2.05, 4.69) is 32.9 Å². The van der Waals surface area contributed by atoms with Crippen LogP contribution in [0, 0.1) is 0 Å². The molecule has 1 heterocycles. The zero-order valence-corrected chi connectivity index (χ0v) is 11.2. The molecule has 0 atom stereocenters. The van der Waals surface area contributed by atoms with Crippen molar-refractivity contribution in [3.63, 3.8) is 0 Å². The van der Waals surface area contributed by atoms with Crippen molar-refractivity contribution >= 4 is 28.8 Å². The summed E-state index contributed by atoms with van der Waals surface area (Å²) in [4.78, 5) is 2.52. The molecule has 15 heavy (non-hydrogen) atoms. The van der Waals surface area contributed by atoms with E-state index in [1.807, 2.05) is 3.11 Å². The number of nitrogens with two attached hydrogens (primary N) is 2. The maximum Gasteiger partial charge on any atom is 0.222 e. The second-order valence-electron chi connectivity index (χ2n) is 3.83. The Morgan fingerprint density at radius 3 is 2.60 bits per heavy atom. The van der Waals surface area contributed by atoms with Crippen molar-refractivity contribution in [3.8, 4) is 0 Å². The monoisotopic (exact) mass is 325 g/mol. The maximum absolute atomic E-state index is 5.57. The first-order valence-corrected chi connectivity index (χ1v) is 6.39. The van der Waals surface area contributed by atoms with E-state index >= 15 is 0 Å². The molecule has 4 N–H and O–H groups in total. The average Bonchev–Trinajstić information content (AvgIpc) is 2.29. The third kappa shape index (κ3) is 4.87. The molecule has 0 spiro atoms. The van der Waals surface area contributed by atoms with E-state index < -0.39 is 0 Å². The normalized spacial score (nSPS) is 19.1. The van der Waals surface area contributed by atoms with Gasteiger partial charge in [0.2, 0.25) is 5.96 Å². The van der Waals surface area contributed by atoms with Gasteiger partial charge in [-0.15, -0.1) is 5.10 Å². The van der Waals surface area contributed by atoms with Crippen LogP contribution in [-0.2, 0) is 0 Å². The van der Waals surface area contributed by atoms with Gasteiger partial charge >= 0.3 is 0 Å². The van der Waals surface area contributed by atoms with Crippen LogP contribution in [0.25, 0.3) is 0 Å². The predicted molar refractivity (Wildman–Crippen MR) is 71.4 cm³/mol. The van der Waals surface area contributed by atoms with Crippen LogP contribution < -0.4 is 11.6 Å². The number of piperidine rings is 1. The van der Waals surface area contributed by atoms with Gasteiger partial charge in [0, 0.05) is 6.54 Å². The molecule has 0 aliphatic carbocycles. The molecule has 0 aromatic heterocycles. The Kier molecular flexibility index (Phi) is 6.07. The molecule has 0 radical (unpaired) electrons. The van der Waals surface area contributed by atoms with Crippen molar-refractivity contribution in [2.45, 2.75) is 25.7 Å². The number of hydrogen-bond donors (Lipinski definition) is 2. The van der Waals surface area contributed by atoms with E-state index in [-0.39, 0.29) is 0 Å². The lowest BCUT2D eigenvalue weighted by atomic mass is 10.1. The molecule has 0 saturated carbocycles. The molecule has 1 saturated heterocycles. The second-order valence-corrected chi connectivity index (χ2v) is 4.99. The first-order chi connectivity index (χ1) is 7.24. The van der Waals surface area contributed by atoms with Crippen LogP contribution in [0.2, 0.25) is 0 Å². The van der Waals surface area contributed by atoms with Gasteiger partial charge in [-0.05, 0) is 38.9 Å². The Hall–Kier alpha value is -0.240. The summed E-state index contributed by atoms with van der Waals surface area (Å²) in [5.41, 5.74) is 5.57. The van der Waals surface area contributed by atoms with Crippen LogP contribution in [0.3, 0.4) is 0 Å². The molecule has 6 heteroatoms. The zero-order valence-electron chi connectivity index (χ0n) is 9.03. The van der Waals surface area contributed by atoms with Gasteiger partial charge in [-0.25, -0.2) is 0 Å². The number of rotatable bonds is 4. The number of hydrazone groups is 1. The van der Waals surface area contributed by atoms with Crippen LogP contribution in [-0.4, -0.2) is 40.2 Å². The predicted octanol–water partition coefficient (Wildman–Crippen LogP) is 0.703. The fourth-order valence-electron chi connectivity index (χ4n) is 1.79. The second kappa shape index (κ2) is 7.10. The summed E-state index contributed by atoms with van der Waals surface area (Å²) >= 11 is 2.14. The largest absolute Gasteiger partial charge is 0.368 e. The van der Waals surface area contributed by atoms with Crippen LogP contribution in [0.1, 0.15) is 25.7 Å². The van der Waals surface area contributed by atoms with Crippen LogP contribution in [0.15, 0.2) is 5.10 Å². The van der Waals surface area contributed by atoms with Gasteiger partial charge in [-0.1, -0.05) is 6.42 Å². The van der Waals surface area contributed by atoms with E-state index in [1.165, 1.54) is 32.4 Å². The highest BCUT2D eigenvalue weighted by Gasteiger charge is 2.10. The lowest BCUT2D eigenvalue weighted by Crippen LogP contribution is -2.35. The van der Waals surface area contributed by atoms with Gasteiger partial charge in [0.15, 0.2) is 0 Å². The van der Waals surface area contributed by atoms with Crippen molar-refractivity contribution in [2.75, 3.05) is 26.2 Å². The van der Waals surface area contributed by atoms with Gasteiger partial charge in [0.1, 0.15) is 0 Å². The Bertz CT molecular complexity index is 203. The molecule has 1 fully saturated rings. The van der Waals surface area contributed by atoms with Gasteiger partial charge in [-0.2, -0.15) is 0 Å². The SMILES string of the molecule is N/N=C(\N)N(I)CCCN1CCCCC1. The summed E-state index contributed by atoms with van der Waals surface area (Å²) in [6.07, 6.45) is 5.20. The van der Waals surface area contributed by atoms with Gasteiger partial charge < -0.3 is 16.5 Å². The Labute approximate surface area is 105 Å². The van der Waals surface area contributed by atoms with Crippen molar-refractivity contribution in [1.29, 1.82) is 0 Å². The quantitative estimate of drug-likeness (QED) is 0.199. The van der Waals surface area contributed by atoms with Crippen molar-refractivity contribution in [3.05, 3.63) is 0 Å². The van der Waals surface area contributed by atoms with Crippen molar-refractivity contribution in [1.82, 2.24) is 8.01 Å². The first-order valence-electron chi connectivity index (χ1n) is 5.43. The Morgan fingerprint density at radius 2 is 2.00 bits per heavy atom. The van der Waals surface area contributed by atoms with Crippen LogP contribution >= 0.6 is 22.9 Å². The standard InChI is InChI=1S/C9H20IN5/c10-15(9(11)13-12)8-4-7-14-5-2-1-3-6-14/h1-8,12H2,(H2,11,13). The van der Waals surface area contributed by atoms with Crippen molar-refractivity contribution < 1.29 is 0 Å². The minimum atomic E-state index is 0.397. The summed E-state index contributed by atoms with van der Waals surface area (Å²) < 4.78 is 1.86. The summed E-state index contributed by atoms with van der Waals surface area (Å²) in [6.45, 7) is 4.56. The van der Waals surface area contributed by atoms with Gasteiger partial charge in [0.05, 0.1) is 22.9 Å². The van der Waals surface area contributed by atoms with Gasteiger partial charge in [0.25, 0.3) is 0 Å². The molecule has 1 aliphatic rings. The van der Waals surface area contributed by atoms with E-state index in [0.29, 0.717) is 5.96 Å². The van der Waals surface area contributed by atoms with E-state index in [9.17, 15) is 0 Å². The van der Waals surface area contributed by atoms with Crippen molar-refractivity contribution in [2.24, 2.45) is 16.7 Å². The number of halogens is 1. The fourth-order valence-corrected chi connectivity index (χ4v) is 2.26. The number of hydrogen-bond acceptors (Lipinski definition) is 3. The Balaban J connectivity index is 2.09. The lowest BCUT2D eigenvalue weighted by molar-refractivity contribution is 0.225. The number of nitrogens with zero attached hydrogens (tertiary/aromatic N) is 3. The molecule has 0 unspecified atom stereocenters. The average molecular weight is 325 g/mol. The molecule has 1 rings (SSSR count). The third-order valence-corrected chi connectivity index (χ3v) is 3.64. The molecule has 88 valence electrons. The summed E-state index contributed by atoms with van der Waals surface area (Å²) in [5, 5.41) is 3.45. The minimum absolute atomic E-state index is 0.397. The van der Waals surface area contributed by atoms with E-state index in [4.69, 9.17) is 11.6 Å². The zero-order chi connectivity index (χ0) is 11.1. The van der Waals surface area contributed by atoms with E-state index in [0.717, 1.165) is 19.5 Å². The molecule has 5 nitrogen and oxygen atoms in total. The molecular formula is C9H20IN5. The first kappa shape index (κ1) is 12.8. The highest BCUT2D eigenvalue weighted by Crippen LogP contribution is 2.09. The number of guanidine groups is 1. The third-order valence-electron chi connectivity index (χ3n) is 2.66. The van der Waals surface area contributed by atoms with Crippen LogP contribution in [0.4, 0.5) is 0 Å². The van der Waals surface area contributed by atoms with E-state index in [1.54, 1.807) is 0 Å². The molecule has 0 aromatic rings. The number of likely N-dealkylation sites (tertiary alicyclic amines) is 1. The maximum atomic E-state index is 5.57. The smallest absolute Gasteiger partial charge is 0.222 e. The minimum Gasteiger partial charge on any atom is -0.368 e. The molecule has 0 bridgehead atoms. The summed E-state index contributed by atoms with van der Waals surface area (Å²) in [6, 6.07) is 0. The molecule has 0 amide bonds. The topological polar surface area (TPSA) is 70.9 Å². The molecule has 1 aliphatic heterocycles. The fraction of sp³-hybridized carbons (Fsp3) is 0.889.